The molecule has 0 saturated heterocycles. The molecule has 0 saturated carbocycles. The second-order valence-electron chi connectivity index (χ2n) is 5.84. The fourth-order valence-electron chi connectivity index (χ4n) is 2.56. The lowest BCUT2D eigenvalue weighted by atomic mass is 10.2. The topological polar surface area (TPSA) is 66.5 Å². The molecule has 0 aromatic heterocycles. The largest absolute Gasteiger partial charge is 0.325 e. The fraction of sp³-hybridized carbons (Fsp3) is 0.316. The zero-order chi connectivity index (χ0) is 20.0. The summed E-state index contributed by atoms with van der Waals surface area (Å²) in [6.07, 6.45) is 0. The summed E-state index contributed by atoms with van der Waals surface area (Å²) in [5.74, 6) is 0.0417. The number of rotatable bonds is 8. The van der Waals surface area contributed by atoms with Crippen LogP contribution in [0.4, 0.5) is 5.69 Å². The maximum atomic E-state index is 12.8. The van der Waals surface area contributed by atoms with E-state index in [0.29, 0.717) is 24.3 Å². The second kappa shape index (κ2) is 9.73. The third-order valence-corrected chi connectivity index (χ3v) is 8.21. The van der Waals surface area contributed by atoms with Gasteiger partial charge in [-0.2, -0.15) is 4.31 Å². The summed E-state index contributed by atoms with van der Waals surface area (Å²) in [4.78, 5) is 13.5. The standard InChI is InChI=1S/C19H23BrN2O3S2/c1-4-22(5-2)27(24,25)18-12-15(11-10-14(18)3)21-19(23)13-26-17-9-7-6-8-16(17)20/h6-12H,4-5,13H2,1-3H3,(H,21,23). The number of nitrogens with zero attached hydrogens (tertiary/aromatic N) is 1. The smallest absolute Gasteiger partial charge is 0.243 e. The number of carbonyl (C=O) groups is 1. The van der Waals surface area contributed by atoms with E-state index in [1.165, 1.54) is 22.1 Å². The van der Waals surface area contributed by atoms with E-state index in [1.54, 1.807) is 32.9 Å². The number of hydrogen-bond acceptors (Lipinski definition) is 4. The Morgan fingerprint density at radius 1 is 1.15 bits per heavy atom. The van der Waals surface area contributed by atoms with E-state index < -0.39 is 10.0 Å². The van der Waals surface area contributed by atoms with Gasteiger partial charge in [0.25, 0.3) is 0 Å². The molecule has 0 unspecified atom stereocenters. The van der Waals surface area contributed by atoms with E-state index >= 15 is 0 Å². The summed E-state index contributed by atoms with van der Waals surface area (Å²) in [7, 11) is -3.58. The molecule has 2 aromatic carbocycles. The van der Waals surface area contributed by atoms with Crippen LogP contribution in [0.15, 0.2) is 56.7 Å². The Morgan fingerprint density at radius 2 is 1.81 bits per heavy atom. The Balaban J connectivity index is 2.13. The quantitative estimate of drug-likeness (QED) is 0.575. The summed E-state index contributed by atoms with van der Waals surface area (Å²) < 4.78 is 28.0. The molecule has 0 fully saturated rings. The van der Waals surface area contributed by atoms with Crippen molar-refractivity contribution < 1.29 is 13.2 Å². The highest BCUT2D eigenvalue weighted by atomic mass is 79.9. The number of nitrogens with one attached hydrogen (secondary N) is 1. The lowest BCUT2D eigenvalue weighted by Gasteiger charge is -2.20. The van der Waals surface area contributed by atoms with Gasteiger partial charge < -0.3 is 5.32 Å². The van der Waals surface area contributed by atoms with E-state index in [9.17, 15) is 13.2 Å². The molecule has 146 valence electrons. The Morgan fingerprint density at radius 3 is 2.44 bits per heavy atom. The first-order valence-corrected chi connectivity index (χ1v) is 11.8. The lowest BCUT2D eigenvalue weighted by Crippen LogP contribution is -2.31. The molecule has 1 N–H and O–H groups in total. The summed E-state index contributed by atoms with van der Waals surface area (Å²) >= 11 is 4.87. The molecule has 0 spiro atoms. The summed E-state index contributed by atoms with van der Waals surface area (Å²) in [5, 5.41) is 2.79. The number of sulfonamides is 1. The van der Waals surface area contributed by atoms with E-state index in [1.807, 2.05) is 24.3 Å². The first kappa shape index (κ1) is 21.9. The number of anilines is 1. The van der Waals surface area contributed by atoms with E-state index in [4.69, 9.17) is 0 Å². The maximum absolute atomic E-state index is 12.8. The molecule has 0 atom stereocenters. The monoisotopic (exact) mass is 470 g/mol. The number of hydrogen-bond donors (Lipinski definition) is 1. The van der Waals surface area contributed by atoms with Gasteiger partial charge >= 0.3 is 0 Å². The number of amides is 1. The maximum Gasteiger partial charge on any atom is 0.243 e. The van der Waals surface area contributed by atoms with Crippen LogP contribution in [-0.2, 0) is 14.8 Å². The molecule has 2 aromatic rings. The predicted octanol–water partition coefficient (Wildman–Crippen LogP) is 4.52. The molecule has 0 aliphatic carbocycles. The van der Waals surface area contributed by atoms with Gasteiger partial charge in [0.2, 0.25) is 15.9 Å². The third kappa shape index (κ3) is 5.57. The van der Waals surface area contributed by atoms with Crippen molar-refractivity contribution in [1.29, 1.82) is 0 Å². The van der Waals surface area contributed by atoms with Gasteiger partial charge in [0.05, 0.1) is 10.6 Å². The molecule has 1 amide bonds. The zero-order valence-electron chi connectivity index (χ0n) is 15.5. The van der Waals surface area contributed by atoms with Crippen LogP contribution >= 0.6 is 27.7 Å². The average Bonchev–Trinajstić information content (AvgIpc) is 2.63. The van der Waals surface area contributed by atoms with Gasteiger partial charge in [-0.05, 0) is 52.7 Å². The molecule has 0 heterocycles. The van der Waals surface area contributed by atoms with Gasteiger partial charge in [-0.1, -0.05) is 32.0 Å². The number of benzene rings is 2. The van der Waals surface area contributed by atoms with Crippen molar-refractivity contribution in [2.75, 3.05) is 24.2 Å². The lowest BCUT2D eigenvalue weighted by molar-refractivity contribution is -0.113. The van der Waals surface area contributed by atoms with Crippen molar-refractivity contribution in [3.63, 3.8) is 0 Å². The molecular weight excluding hydrogens is 448 g/mol. The molecule has 27 heavy (non-hydrogen) atoms. The zero-order valence-corrected chi connectivity index (χ0v) is 18.7. The third-order valence-electron chi connectivity index (χ3n) is 3.99. The molecule has 8 heteroatoms. The molecule has 0 radical (unpaired) electrons. The highest BCUT2D eigenvalue weighted by Gasteiger charge is 2.24. The van der Waals surface area contributed by atoms with Gasteiger partial charge in [-0.15, -0.1) is 11.8 Å². The Kier molecular flexibility index (Phi) is 7.91. The van der Waals surface area contributed by atoms with Crippen LogP contribution in [0.25, 0.3) is 0 Å². The number of thioether (sulfide) groups is 1. The van der Waals surface area contributed by atoms with Crippen LogP contribution in [0, 0.1) is 6.92 Å². The number of carbonyl (C=O) groups excluding carboxylic acids is 1. The fourth-order valence-corrected chi connectivity index (χ4v) is 5.64. The minimum Gasteiger partial charge on any atom is -0.325 e. The molecule has 0 bridgehead atoms. The van der Waals surface area contributed by atoms with Crippen molar-refractivity contribution >= 4 is 49.3 Å². The van der Waals surface area contributed by atoms with Gasteiger partial charge in [0.15, 0.2) is 0 Å². The van der Waals surface area contributed by atoms with Gasteiger partial charge in [-0.25, -0.2) is 8.42 Å². The summed E-state index contributed by atoms with van der Waals surface area (Å²) in [5.41, 5.74) is 1.13. The van der Waals surface area contributed by atoms with Gasteiger partial charge in [-0.3, -0.25) is 4.79 Å². The van der Waals surface area contributed by atoms with Crippen LogP contribution < -0.4 is 5.32 Å². The first-order chi connectivity index (χ1) is 12.8. The van der Waals surface area contributed by atoms with Crippen molar-refractivity contribution in [2.45, 2.75) is 30.6 Å². The average molecular weight is 471 g/mol. The molecule has 2 rings (SSSR count). The van der Waals surface area contributed by atoms with Crippen LogP contribution in [0.5, 0.6) is 0 Å². The number of halogens is 1. The Hall–Kier alpha value is -1.35. The van der Waals surface area contributed by atoms with Crippen LogP contribution in [0.2, 0.25) is 0 Å². The Labute approximate surface area is 173 Å². The minimum atomic E-state index is -3.58. The highest BCUT2D eigenvalue weighted by Crippen LogP contribution is 2.27. The second-order valence-corrected chi connectivity index (χ2v) is 9.61. The summed E-state index contributed by atoms with van der Waals surface area (Å²) in [6, 6.07) is 12.6. The Bertz CT molecular complexity index is 913. The minimum absolute atomic E-state index is 0.189. The molecule has 0 aliphatic heterocycles. The van der Waals surface area contributed by atoms with Gasteiger partial charge in [0.1, 0.15) is 0 Å². The van der Waals surface area contributed by atoms with Crippen LogP contribution in [0.3, 0.4) is 0 Å². The predicted molar refractivity (Wildman–Crippen MR) is 115 cm³/mol. The highest BCUT2D eigenvalue weighted by molar-refractivity contribution is 9.10. The van der Waals surface area contributed by atoms with Crippen molar-refractivity contribution in [1.82, 2.24) is 4.31 Å². The molecule has 0 aliphatic rings. The van der Waals surface area contributed by atoms with Crippen molar-refractivity contribution in [2.24, 2.45) is 0 Å². The van der Waals surface area contributed by atoms with Crippen LogP contribution in [0.1, 0.15) is 19.4 Å². The van der Waals surface area contributed by atoms with E-state index in [2.05, 4.69) is 21.2 Å². The van der Waals surface area contributed by atoms with E-state index in [0.717, 1.165) is 9.37 Å². The first-order valence-electron chi connectivity index (χ1n) is 8.57. The van der Waals surface area contributed by atoms with Crippen molar-refractivity contribution in [3.05, 3.63) is 52.5 Å². The molecule has 5 nitrogen and oxygen atoms in total. The van der Waals surface area contributed by atoms with Crippen LogP contribution in [-0.4, -0.2) is 37.5 Å². The summed E-state index contributed by atoms with van der Waals surface area (Å²) in [6.45, 7) is 6.17. The van der Waals surface area contributed by atoms with Gasteiger partial charge in [0, 0.05) is 28.1 Å². The SMILES string of the molecule is CCN(CC)S(=O)(=O)c1cc(NC(=O)CSc2ccccc2Br)ccc1C. The number of aryl methyl sites for hydroxylation is 1. The van der Waals surface area contributed by atoms with Crippen molar-refractivity contribution in [3.8, 4) is 0 Å². The normalized spacial score (nSPS) is 11.6. The molecular formula is C19H23BrN2O3S2. The van der Waals surface area contributed by atoms with E-state index in [-0.39, 0.29) is 16.6 Å².